The minimum absolute atomic E-state index is 0.0376. The lowest BCUT2D eigenvalue weighted by Gasteiger charge is -2.27. The summed E-state index contributed by atoms with van der Waals surface area (Å²) < 4.78 is 2.04. The Morgan fingerprint density at radius 1 is 1.24 bits per heavy atom. The molecule has 6 heteroatoms. The minimum Gasteiger partial charge on any atom is -0.296 e. The van der Waals surface area contributed by atoms with Gasteiger partial charge in [0.25, 0.3) is 0 Å². The van der Waals surface area contributed by atoms with Gasteiger partial charge in [-0.05, 0) is 49.0 Å². The van der Waals surface area contributed by atoms with Crippen molar-refractivity contribution in [2.45, 2.75) is 44.2 Å². The molecule has 0 radical (unpaired) electrons. The molecule has 0 amide bonds. The first kappa shape index (κ1) is 14.1. The van der Waals surface area contributed by atoms with Crippen LogP contribution in [0.3, 0.4) is 0 Å². The summed E-state index contributed by atoms with van der Waals surface area (Å²) in [4.78, 5) is 6.38. The molecular weight excluding hydrogens is 264 g/mol. The van der Waals surface area contributed by atoms with Crippen molar-refractivity contribution >= 4 is 0 Å². The Bertz CT molecular complexity index is 559. The van der Waals surface area contributed by atoms with Crippen LogP contribution in [-0.2, 0) is 0 Å². The van der Waals surface area contributed by atoms with Crippen LogP contribution in [0.2, 0.25) is 0 Å². The predicted molar refractivity (Wildman–Crippen MR) is 79.7 cm³/mol. The molecule has 1 aliphatic rings. The van der Waals surface area contributed by atoms with Gasteiger partial charge >= 0.3 is 0 Å². The fourth-order valence-corrected chi connectivity index (χ4v) is 3.18. The summed E-state index contributed by atoms with van der Waals surface area (Å²) in [5, 5.41) is 12.5. The fraction of sp³-hybridized carbons (Fsp3) is 0.600. The number of aromatic nitrogens is 5. The van der Waals surface area contributed by atoms with Crippen molar-refractivity contribution in [3.05, 3.63) is 35.9 Å². The Morgan fingerprint density at radius 3 is 2.71 bits per heavy atom. The molecule has 0 saturated heterocycles. The first-order chi connectivity index (χ1) is 10.3. The van der Waals surface area contributed by atoms with Crippen molar-refractivity contribution in [2.24, 2.45) is 0 Å². The molecule has 0 spiro atoms. The third-order valence-electron chi connectivity index (χ3n) is 4.20. The molecule has 1 saturated carbocycles. The second-order valence-corrected chi connectivity index (χ2v) is 5.93. The molecule has 1 aliphatic carbocycles. The SMILES string of the molecule is CN(C)[C@H](c1cccnc1)c1nnnn1C1CCCCC1. The molecule has 6 nitrogen and oxygen atoms in total. The van der Waals surface area contributed by atoms with Crippen molar-refractivity contribution in [2.75, 3.05) is 14.1 Å². The zero-order valence-electron chi connectivity index (χ0n) is 12.7. The van der Waals surface area contributed by atoms with E-state index in [0.29, 0.717) is 6.04 Å². The standard InChI is InChI=1S/C15H22N6/c1-20(2)14(12-7-6-10-16-11-12)15-17-18-19-21(15)13-8-4-3-5-9-13/h6-7,10-11,13-14H,3-5,8-9H2,1-2H3/t14-/m1/s1. The summed E-state index contributed by atoms with van der Waals surface area (Å²) in [6.07, 6.45) is 9.89. The molecule has 0 aliphatic heterocycles. The van der Waals surface area contributed by atoms with Crippen LogP contribution in [0.25, 0.3) is 0 Å². The first-order valence-electron chi connectivity index (χ1n) is 7.61. The second-order valence-electron chi connectivity index (χ2n) is 5.93. The van der Waals surface area contributed by atoms with E-state index in [-0.39, 0.29) is 6.04 Å². The number of tetrazole rings is 1. The third kappa shape index (κ3) is 2.95. The highest BCUT2D eigenvalue weighted by Crippen LogP contribution is 2.31. The summed E-state index contributed by atoms with van der Waals surface area (Å²) >= 11 is 0. The molecule has 0 aromatic carbocycles. The fourth-order valence-electron chi connectivity index (χ4n) is 3.18. The molecule has 2 aromatic rings. The highest BCUT2D eigenvalue weighted by molar-refractivity contribution is 5.21. The predicted octanol–water partition coefficient (Wildman–Crippen LogP) is 2.22. The monoisotopic (exact) mass is 286 g/mol. The molecule has 0 unspecified atom stereocenters. The van der Waals surface area contributed by atoms with Crippen LogP contribution in [0, 0.1) is 0 Å². The van der Waals surface area contributed by atoms with Crippen LogP contribution < -0.4 is 0 Å². The van der Waals surface area contributed by atoms with Gasteiger partial charge in [-0.3, -0.25) is 9.88 Å². The number of hydrogen-bond donors (Lipinski definition) is 0. The van der Waals surface area contributed by atoms with Crippen molar-refractivity contribution in [3.8, 4) is 0 Å². The molecule has 0 bridgehead atoms. The number of rotatable bonds is 4. The van der Waals surface area contributed by atoms with Crippen molar-refractivity contribution in [3.63, 3.8) is 0 Å². The highest BCUT2D eigenvalue weighted by atomic mass is 15.6. The second kappa shape index (κ2) is 6.30. The topological polar surface area (TPSA) is 59.7 Å². The summed E-state index contributed by atoms with van der Waals surface area (Å²) in [6, 6.07) is 4.51. The van der Waals surface area contributed by atoms with Gasteiger partial charge in [0.1, 0.15) is 0 Å². The molecule has 1 fully saturated rings. The maximum absolute atomic E-state index is 4.32. The zero-order chi connectivity index (χ0) is 14.7. The average molecular weight is 286 g/mol. The molecule has 1 atom stereocenters. The Balaban J connectivity index is 1.95. The van der Waals surface area contributed by atoms with E-state index in [9.17, 15) is 0 Å². The summed E-state index contributed by atoms with van der Waals surface area (Å²) in [6.45, 7) is 0. The van der Waals surface area contributed by atoms with Gasteiger partial charge in [0, 0.05) is 12.4 Å². The molecule has 21 heavy (non-hydrogen) atoms. The lowest BCUT2D eigenvalue weighted by Crippen LogP contribution is -2.27. The summed E-state index contributed by atoms with van der Waals surface area (Å²) in [7, 11) is 4.11. The van der Waals surface area contributed by atoms with Crippen LogP contribution in [0.1, 0.15) is 55.6 Å². The third-order valence-corrected chi connectivity index (χ3v) is 4.20. The van der Waals surface area contributed by atoms with E-state index in [1.165, 1.54) is 32.1 Å². The van der Waals surface area contributed by atoms with Gasteiger partial charge in [-0.25, -0.2) is 4.68 Å². The van der Waals surface area contributed by atoms with E-state index in [0.717, 1.165) is 11.4 Å². The molecule has 0 N–H and O–H groups in total. The maximum Gasteiger partial charge on any atom is 0.173 e. The van der Waals surface area contributed by atoms with Crippen LogP contribution >= 0.6 is 0 Å². The van der Waals surface area contributed by atoms with Crippen LogP contribution in [0.5, 0.6) is 0 Å². The van der Waals surface area contributed by atoms with Crippen LogP contribution in [0.15, 0.2) is 24.5 Å². The van der Waals surface area contributed by atoms with E-state index in [1.807, 2.05) is 16.9 Å². The molecule has 112 valence electrons. The Hall–Kier alpha value is -1.82. The molecule has 2 heterocycles. The van der Waals surface area contributed by atoms with Gasteiger partial charge < -0.3 is 0 Å². The van der Waals surface area contributed by atoms with Gasteiger partial charge in [-0.2, -0.15) is 0 Å². The maximum atomic E-state index is 4.32. The average Bonchev–Trinajstić information content (AvgIpc) is 2.98. The Kier molecular flexibility index (Phi) is 4.24. The van der Waals surface area contributed by atoms with E-state index in [2.05, 4.69) is 45.6 Å². The van der Waals surface area contributed by atoms with Crippen molar-refractivity contribution in [1.29, 1.82) is 0 Å². The van der Waals surface area contributed by atoms with Gasteiger partial charge in [0.05, 0.1) is 12.1 Å². The first-order valence-corrected chi connectivity index (χ1v) is 7.61. The van der Waals surface area contributed by atoms with Crippen molar-refractivity contribution < 1.29 is 0 Å². The molecule has 2 aromatic heterocycles. The van der Waals surface area contributed by atoms with Crippen LogP contribution in [0.4, 0.5) is 0 Å². The Labute approximate surface area is 125 Å². The number of pyridine rings is 1. The van der Waals surface area contributed by atoms with Gasteiger partial charge in [0.2, 0.25) is 0 Å². The van der Waals surface area contributed by atoms with Gasteiger partial charge in [0.15, 0.2) is 5.82 Å². The minimum atomic E-state index is 0.0376. The van der Waals surface area contributed by atoms with E-state index < -0.39 is 0 Å². The quantitative estimate of drug-likeness (QED) is 0.862. The lowest BCUT2D eigenvalue weighted by atomic mass is 9.95. The summed E-state index contributed by atoms with van der Waals surface area (Å²) in [5.74, 6) is 0.917. The number of nitrogens with zero attached hydrogens (tertiary/aromatic N) is 6. The summed E-state index contributed by atoms with van der Waals surface area (Å²) in [5.41, 5.74) is 1.12. The smallest absolute Gasteiger partial charge is 0.173 e. The largest absolute Gasteiger partial charge is 0.296 e. The zero-order valence-corrected chi connectivity index (χ0v) is 12.7. The van der Waals surface area contributed by atoms with E-state index >= 15 is 0 Å². The molecule has 3 rings (SSSR count). The Morgan fingerprint density at radius 2 is 2.05 bits per heavy atom. The lowest BCUT2D eigenvalue weighted by molar-refractivity contribution is 0.276. The van der Waals surface area contributed by atoms with Gasteiger partial charge in [-0.15, -0.1) is 5.10 Å². The molecular formula is C15H22N6. The number of hydrogen-bond acceptors (Lipinski definition) is 5. The van der Waals surface area contributed by atoms with Crippen molar-refractivity contribution in [1.82, 2.24) is 30.1 Å². The van der Waals surface area contributed by atoms with Gasteiger partial charge in [-0.1, -0.05) is 25.3 Å². The van der Waals surface area contributed by atoms with E-state index in [4.69, 9.17) is 0 Å². The highest BCUT2D eigenvalue weighted by Gasteiger charge is 2.27. The normalized spacial score (nSPS) is 18.0. The van der Waals surface area contributed by atoms with Crippen LogP contribution in [-0.4, -0.2) is 44.2 Å². The van der Waals surface area contributed by atoms with E-state index in [1.54, 1.807) is 6.20 Å².